The second kappa shape index (κ2) is 5.33. The molecule has 0 spiro atoms. The van der Waals surface area contributed by atoms with Crippen molar-refractivity contribution in [3.63, 3.8) is 0 Å². The summed E-state index contributed by atoms with van der Waals surface area (Å²) in [5.74, 6) is -7.97. The summed E-state index contributed by atoms with van der Waals surface area (Å²) in [5, 5.41) is 26.0. The van der Waals surface area contributed by atoms with Crippen LogP contribution >= 0.6 is 0 Å². The Labute approximate surface area is 86.5 Å². The van der Waals surface area contributed by atoms with Gasteiger partial charge in [-0.2, -0.15) is 0 Å². The number of aliphatic carboxylic acids is 3. The third kappa shape index (κ3) is 3.97. The molecular formula is C9H14O6. The maximum Gasteiger partial charge on any atom is 0.318 e. The van der Waals surface area contributed by atoms with Crippen molar-refractivity contribution in [2.24, 2.45) is 17.8 Å². The molecule has 0 fully saturated rings. The van der Waals surface area contributed by atoms with Gasteiger partial charge in [0.2, 0.25) is 0 Å². The van der Waals surface area contributed by atoms with E-state index in [1.54, 1.807) is 13.8 Å². The Bertz CT molecular complexity index is 256. The van der Waals surface area contributed by atoms with Crippen LogP contribution in [0.1, 0.15) is 20.3 Å². The van der Waals surface area contributed by atoms with E-state index in [1.807, 2.05) is 0 Å². The van der Waals surface area contributed by atoms with Gasteiger partial charge in [-0.1, -0.05) is 13.8 Å². The SMILES string of the molecule is CC(C)C[C@@H](C(=O)O)C(C(=O)O)C(=O)O. The highest BCUT2D eigenvalue weighted by Crippen LogP contribution is 2.21. The molecule has 0 bridgehead atoms. The van der Waals surface area contributed by atoms with E-state index in [-0.39, 0.29) is 12.3 Å². The van der Waals surface area contributed by atoms with Crippen LogP contribution < -0.4 is 0 Å². The van der Waals surface area contributed by atoms with Gasteiger partial charge in [0, 0.05) is 0 Å². The van der Waals surface area contributed by atoms with Crippen LogP contribution in [0.2, 0.25) is 0 Å². The van der Waals surface area contributed by atoms with Crippen molar-refractivity contribution in [1.29, 1.82) is 0 Å². The zero-order valence-corrected chi connectivity index (χ0v) is 8.51. The van der Waals surface area contributed by atoms with Crippen molar-refractivity contribution < 1.29 is 29.7 Å². The Hall–Kier alpha value is -1.59. The van der Waals surface area contributed by atoms with Gasteiger partial charge in [0.1, 0.15) is 0 Å². The van der Waals surface area contributed by atoms with Crippen molar-refractivity contribution >= 4 is 17.9 Å². The fourth-order valence-corrected chi connectivity index (χ4v) is 1.34. The molecule has 0 saturated heterocycles. The molecule has 15 heavy (non-hydrogen) atoms. The predicted molar refractivity (Wildman–Crippen MR) is 49.3 cm³/mol. The van der Waals surface area contributed by atoms with Crippen molar-refractivity contribution in [1.82, 2.24) is 0 Å². The van der Waals surface area contributed by atoms with Crippen LogP contribution in [0.25, 0.3) is 0 Å². The third-order valence-electron chi connectivity index (χ3n) is 1.98. The van der Waals surface area contributed by atoms with Gasteiger partial charge in [0.25, 0.3) is 0 Å². The first-order valence-electron chi connectivity index (χ1n) is 4.45. The van der Waals surface area contributed by atoms with E-state index in [0.29, 0.717) is 0 Å². The summed E-state index contributed by atoms with van der Waals surface area (Å²) in [5.41, 5.74) is 0. The van der Waals surface area contributed by atoms with Crippen LogP contribution in [0.5, 0.6) is 0 Å². The minimum atomic E-state index is -1.88. The van der Waals surface area contributed by atoms with E-state index < -0.39 is 29.7 Å². The molecule has 0 amide bonds. The quantitative estimate of drug-likeness (QED) is 0.560. The van der Waals surface area contributed by atoms with Gasteiger partial charge >= 0.3 is 17.9 Å². The number of carboxylic acid groups (broad SMARTS) is 3. The van der Waals surface area contributed by atoms with Gasteiger partial charge < -0.3 is 15.3 Å². The van der Waals surface area contributed by atoms with E-state index >= 15 is 0 Å². The minimum absolute atomic E-state index is 0.0264. The summed E-state index contributed by atoms with van der Waals surface area (Å²) < 4.78 is 0. The third-order valence-corrected chi connectivity index (χ3v) is 1.98. The maximum absolute atomic E-state index is 10.8. The highest BCUT2D eigenvalue weighted by atomic mass is 16.4. The van der Waals surface area contributed by atoms with Crippen LogP contribution in [0.15, 0.2) is 0 Å². The van der Waals surface area contributed by atoms with E-state index in [1.165, 1.54) is 0 Å². The van der Waals surface area contributed by atoms with Crippen molar-refractivity contribution in [3.05, 3.63) is 0 Å². The summed E-state index contributed by atoms with van der Waals surface area (Å²) in [4.78, 5) is 32.0. The topological polar surface area (TPSA) is 112 Å². The average molecular weight is 218 g/mol. The number of hydrogen-bond donors (Lipinski definition) is 3. The Morgan fingerprint density at radius 3 is 1.53 bits per heavy atom. The summed E-state index contributed by atoms with van der Waals surface area (Å²) in [6.07, 6.45) is 0.0264. The lowest BCUT2D eigenvalue weighted by atomic mass is 9.85. The lowest BCUT2D eigenvalue weighted by Crippen LogP contribution is -2.36. The predicted octanol–water partition coefficient (Wildman–Crippen LogP) is 0.519. The molecule has 1 atom stereocenters. The second-order valence-electron chi connectivity index (χ2n) is 3.73. The summed E-state index contributed by atoms with van der Waals surface area (Å²) >= 11 is 0. The molecule has 0 rings (SSSR count). The molecular weight excluding hydrogens is 204 g/mol. The highest BCUT2D eigenvalue weighted by Gasteiger charge is 2.39. The largest absolute Gasteiger partial charge is 0.481 e. The molecule has 0 aromatic rings. The van der Waals surface area contributed by atoms with E-state index in [2.05, 4.69) is 0 Å². The smallest absolute Gasteiger partial charge is 0.318 e. The molecule has 86 valence electrons. The molecule has 6 nitrogen and oxygen atoms in total. The van der Waals surface area contributed by atoms with Crippen LogP contribution in [-0.2, 0) is 14.4 Å². The Kier molecular flexibility index (Phi) is 4.77. The van der Waals surface area contributed by atoms with Crippen molar-refractivity contribution in [2.75, 3.05) is 0 Å². The minimum Gasteiger partial charge on any atom is -0.481 e. The van der Waals surface area contributed by atoms with Crippen molar-refractivity contribution in [3.8, 4) is 0 Å². The van der Waals surface area contributed by atoms with Gasteiger partial charge in [-0.15, -0.1) is 0 Å². The lowest BCUT2D eigenvalue weighted by Gasteiger charge is -2.18. The zero-order chi connectivity index (χ0) is 12.2. The number of carbonyl (C=O) groups is 3. The Balaban J connectivity index is 4.92. The Morgan fingerprint density at radius 1 is 0.933 bits per heavy atom. The molecule has 0 heterocycles. The molecule has 0 unspecified atom stereocenters. The zero-order valence-electron chi connectivity index (χ0n) is 8.51. The summed E-state index contributed by atoms with van der Waals surface area (Å²) in [6, 6.07) is 0. The van der Waals surface area contributed by atoms with Gasteiger partial charge in [-0.3, -0.25) is 14.4 Å². The summed E-state index contributed by atoms with van der Waals surface area (Å²) in [6.45, 7) is 3.41. The van der Waals surface area contributed by atoms with Crippen LogP contribution in [0, 0.1) is 17.8 Å². The van der Waals surface area contributed by atoms with Gasteiger partial charge in [-0.05, 0) is 12.3 Å². The number of carboxylic acids is 3. The molecule has 0 aromatic carbocycles. The first-order valence-corrected chi connectivity index (χ1v) is 4.45. The monoisotopic (exact) mass is 218 g/mol. The van der Waals surface area contributed by atoms with Crippen LogP contribution in [-0.4, -0.2) is 33.2 Å². The average Bonchev–Trinajstić information content (AvgIpc) is 2.00. The fourth-order valence-electron chi connectivity index (χ4n) is 1.34. The first-order chi connectivity index (χ1) is 6.77. The number of rotatable bonds is 6. The number of hydrogen-bond acceptors (Lipinski definition) is 3. The molecule has 0 aliphatic rings. The van der Waals surface area contributed by atoms with E-state index in [9.17, 15) is 14.4 Å². The maximum atomic E-state index is 10.8. The molecule has 0 aliphatic carbocycles. The second-order valence-corrected chi connectivity index (χ2v) is 3.73. The van der Waals surface area contributed by atoms with Crippen molar-refractivity contribution in [2.45, 2.75) is 20.3 Å². The molecule has 0 saturated carbocycles. The van der Waals surface area contributed by atoms with E-state index in [4.69, 9.17) is 15.3 Å². The molecule has 6 heteroatoms. The molecule has 0 radical (unpaired) electrons. The fraction of sp³-hybridized carbons (Fsp3) is 0.667. The van der Waals surface area contributed by atoms with Gasteiger partial charge in [0.15, 0.2) is 5.92 Å². The normalized spacial score (nSPS) is 12.8. The summed E-state index contributed by atoms with van der Waals surface area (Å²) in [7, 11) is 0. The Morgan fingerprint density at radius 2 is 1.33 bits per heavy atom. The molecule has 3 N–H and O–H groups in total. The van der Waals surface area contributed by atoms with Crippen LogP contribution in [0.3, 0.4) is 0 Å². The van der Waals surface area contributed by atoms with Gasteiger partial charge in [0.05, 0.1) is 5.92 Å². The molecule has 0 aliphatic heterocycles. The lowest BCUT2D eigenvalue weighted by molar-refractivity contribution is -0.164. The van der Waals surface area contributed by atoms with Crippen LogP contribution in [0.4, 0.5) is 0 Å². The standard InChI is InChI=1S/C9H14O6/c1-4(2)3-5(7(10)11)6(8(12)13)9(14)15/h4-6H,3H2,1-2H3,(H,10,11)(H,12,13)(H,14,15)/t5-/m1/s1. The first kappa shape index (κ1) is 13.4. The molecule has 0 aromatic heterocycles. The highest BCUT2D eigenvalue weighted by molar-refractivity contribution is 5.97. The van der Waals surface area contributed by atoms with E-state index in [0.717, 1.165) is 0 Å². The van der Waals surface area contributed by atoms with Gasteiger partial charge in [-0.25, -0.2) is 0 Å².